The third kappa shape index (κ3) is 5.25. The summed E-state index contributed by atoms with van der Waals surface area (Å²) in [5.41, 5.74) is 4.04. The number of thioether (sulfide) groups is 1. The van der Waals surface area contributed by atoms with E-state index in [-0.39, 0.29) is 23.5 Å². The molecule has 0 spiro atoms. The molecular formula is C19H21ClFNOS. The number of carbonyl (C=O) groups excluding carboxylic acids is 1. The number of hydrogen-bond acceptors (Lipinski definition) is 2. The topological polar surface area (TPSA) is 29.1 Å². The monoisotopic (exact) mass is 365 g/mol. The van der Waals surface area contributed by atoms with Crippen LogP contribution in [0.4, 0.5) is 4.39 Å². The molecule has 5 heteroatoms. The average Bonchev–Trinajstić information content (AvgIpc) is 2.49. The molecule has 0 heterocycles. The van der Waals surface area contributed by atoms with E-state index < -0.39 is 0 Å². The third-order valence-corrected chi connectivity index (χ3v) is 4.99. The number of carbonyl (C=O) groups is 1. The minimum atomic E-state index is -0.334. The molecule has 0 aliphatic carbocycles. The van der Waals surface area contributed by atoms with Crippen molar-refractivity contribution in [3.05, 3.63) is 69.5 Å². The number of amides is 1. The highest BCUT2D eigenvalue weighted by Crippen LogP contribution is 2.21. The second-order valence-electron chi connectivity index (χ2n) is 5.88. The lowest BCUT2D eigenvalue weighted by atomic mass is 10.0. The van der Waals surface area contributed by atoms with Gasteiger partial charge < -0.3 is 5.32 Å². The molecule has 1 atom stereocenters. The van der Waals surface area contributed by atoms with Gasteiger partial charge in [-0.1, -0.05) is 41.4 Å². The normalized spacial score (nSPS) is 12.0. The number of halogens is 2. The molecule has 0 aromatic heterocycles. The molecule has 2 rings (SSSR count). The van der Waals surface area contributed by atoms with Crippen molar-refractivity contribution in [2.24, 2.45) is 0 Å². The fourth-order valence-electron chi connectivity index (χ4n) is 2.56. The molecule has 0 unspecified atom stereocenters. The van der Waals surface area contributed by atoms with E-state index in [2.05, 4.69) is 11.4 Å². The van der Waals surface area contributed by atoms with E-state index in [0.29, 0.717) is 16.3 Å². The van der Waals surface area contributed by atoms with Crippen molar-refractivity contribution in [3.8, 4) is 0 Å². The summed E-state index contributed by atoms with van der Waals surface area (Å²) in [4.78, 5) is 12.1. The van der Waals surface area contributed by atoms with E-state index >= 15 is 0 Å². The highest BCUT2D eigenvalue weighted by atomic mass is 35.5. The lowest BCUT2D eigenvalue weighted by Crippen LogP contribution is -2.28. The Balaban J connectivity index is 1.84. The van der Waals surface area contributed by atoms with Gasteiger partial charge in [0.1, 0.15) is 5.82 Å². The molecule has 1 amide bonds. The van der Waals surface area contributed by atoms with Gasteiger partial charge in [-0.3, -0.25) is 4.79 Å². The zero-order valence-electron chi connectivity index (χ0n) is 14.0. The summed E-state index contributed by atoms with van der Waals surface area (Å²) in [5.74, 6) is 0.340. The van der Waals surface area contributed by atoms with Gasteiger partial charge in [-0.05, 0) is 49.6 Å². The minimum Gasteiger partial charge on any atom is -0.349 e. The van der Waals surface area contributed by atoms with Crippen molar-refractivity contribution >= 4 is 29.3 Å². The van der Waals surface area contributed by atoms with Crippen LogP contribution in [-0.2, 0) is 10.5 Å². The van der Waals surface area contributed by atoms with Crippen molar-refractivity contribution in [3.63, 3.8) is 0 Å². The molecule has 0 bridgehead atoms. The summed E-state index contributed by atoms with van der Waals surface area (Å²) in [6, 6.07) is 10.7. The molecule has 0 aliphatic heterocycles. The summed E-state index contributed by atoms with van der Waals surface area (Å²) < 4.78 is 13.7. The molecule has 0 fully saturated rings. The quantitative estimate of drug-likeness (QED) is 0.761. The zero-order valence-corrected chi connectivity index (χ0v) is 15.6. The maximum absolute atomic E-state index is 13.7. The largest absolute Gasteiger partial charge is 0.349 e. The Bertz CT molecular complexity index is 735. The molecule has 2 aromatic rings. The van der Waals surface area contributed by atoms with Crippen molar-refractivity contribution in [2.45, 2.75) is 32.6 Å². The lowest BCUT2D eigenvalue weighted by molar-refractivity contribution is -0.119. The Hall–Kier alpha value is -1.52. The van der Waals surface area contributed by atoms with E-state index in [0.717, 1.165) is 5.56 Å². The number of aryl methyl sites for hydroxylation is 2. The molecule has 24 heavy (non-hydrogen) atoms. The predicted molar refractivity (Wildman–Crippen MR) is 100 cm³/mol. The first-order valence-electron chi connectivity index (χ1n) is 7.75. The van der Waals surface area contributed by atoms with Crippen LogP contribution in [0.1, 0.15) is 35.2 Å². The van der Waals surface area contributed by atoms with Crippen LogP contribution in [-0.4, -0.2) is 11.7 Å². The Morgan fingerprint density at radius 1 is 1.25 bits per heavy atom. The van der Waals surface area contributed by atoms with Crippen LogP contribution in [0.25, 0.3) is 0 Å². The van der Waals surface area contributed by atoms with Crippen LogP contribution in [0.3, 0.4) is 0 Å². The lowest BCUT2D eigenvalue weighted by Gasteiger charge is -2.17. The molecule has 0 saturated heterocycles. The summed E-state index contributed by atoms with van der Waals surface area (Å²) in [5, 5.41) is 3.37. The zero-order chi connectivity index (χ0) is 17.7. The van der Waals surface area contributed by atoms with Crippen LogP contribution < -0.4 is 5.32 Å². The summed E-state index contributed by atoms with van der Waals surface area (Å²) in [6.07, 6.45) is 0. The molecule has 1 N–H and O–H groups in total. The van der Waals surface area contributed by atoms with Crippen LogP contribution >= 0.6 is 23.4 Å². The standard InChI is InChI=1S/C19H21ClFNOS/c1-12-4-7-17(13(2)8-12)14(3)22-19(23)11-24-10-15-5-6-16(20)9-18(15)21/h4-9,14H,10-11H2,1-3H3,(H,22,23)/t14-/m1/s1. The Kier molecular flexibility index (Phi) is 6.69. The van der Waals surface area contributed by atoms with Crippen molar-refractivity contribution in [1.82, 2.24) is 5.32 Å². The highest BCUT2D eigenvalue weighted by Gasteiger charge is 2.12. The number of hydrogen-bond donors (Lipinski definition) is 1. The van der Waals surface area contributed by atoms with E-state index in [4.69, 9.17) is 11.6 Å². The smallest absolute Gasteiger partial charge is 0.230 e. The maximum Gasteiger partial charge on any atom is 0.230 e. The van der Waals surface area contributed by atoms with E-state index in [1.807, 2.05) is 32.9 Å². The van der Waals surface area contributed by atoms with Crippen molar-refractivity contribution in [2.75, 3.05) is 5.75 Å². The van der Waals surface area contributed by atoms with Crippen LogP contribution in [0.2, 0.25) is 5.02 Å². The first-order chi connectivity index (χ1) is 11.4. The van der Waals surface area contributed by atoms with Crippen molar-refractivity contribution < 1.29 is 9.18 Å². The number of benzene rings is 2. The van der Waals surface area contributed by atoms with Gasteiger partial charge in [-0.2, -0.15) is 0 Å². The van der Waals surface area contributed by atoms with Gasteiger partial charge >= 0.3 is 0 Å². The molecule has 0 radical (unpaired) electrons. The maximum atomic E-state index is 13.7. The number of nitrogens with one attached hydrogen (secondary N) is 1. The fraction of sp³-hybridized carbons (Fsp3) is 0.316. The predicted octanol–water partition coefficient (Wildman–Crippen LogP) is 5.21. The summed E-state index contributed by atoms with van der Waals surface area (Å²) in [7, 11) is 0. The molecule has 2 nitrogen and oxygen atoms in total. The van der Waals surface area contributed by atoms with Crippen molar-refractivity contribution in [1.29, 1.82) is 0 Å². The van der Waals surface area contributed by atoms with Gasteiger partial charge in [0.05, 0.1) is 11.8 Å². The minimum absolute atomic E-state index is 0.0500. The van der Waals surface area contributed by atoms with Gasteiger partial charge in [0.15, 0.2) is 0 Å². The van der Waals surface area contributed by atoms with E-state index in [1.165, 1.54) is 29.0 Å². The van der Waals surface area contributed by atoms with Gasteiger partial charge in [0.2, 0.25) is 5.91 Å². The van der Waals surface area contributed by atoms with Gasteiger partial charge in [-0.25, -0.2) is 4.39 Å². The molecule has 0 saturated carbocycles. The third-order valence-electron chi connectivity index (χ3n) is 3.78. The van der Waals surface area contributed by atoms with E-state index in [9.17, 15) is 9.18 Å². The van der Waals surface area contributed by atoms with E-state index in [1.54, 1.807) is 12.1 Å². The van der Waals surface area contributed by atoms with Crippen LogP contribution in [0.5, 0.6) is 0 Å². The first-order valence-corrected chi connectivity index (χ1v) is 9.28. The summed E-state index contributed by atoms with van der Waals surface area (Å²) in [6.45, 7) is 6.06. The first kappa shape index (κ1) is 18.8. The highest BCUT2D eigenvalue weighted by molar-refractivity contribution is 7.99. The van der Waals surface area contributed by atoms with Gasteiger partial charge in [0, 0.05) is 10.8 Å². The Labute approximate surface area is 151 Å². The molecule has 2 aromatic carbocycles. The SMILES string of the molecule is Cc1ccc([C@@H](C)NC(=O)CSCc2ccc(Cl)cc2F)c(C)c1. The average molecular weight is 366 g/mol. The fourth-order valence-corrected chi connectivity index (χ4v) is 3.55. The Morgan fingerprint density at radius 3 is 2.67 bits per heavy atom. The second kappa shape index (κ2) is 8.54. The van der Waals surface area contributed by atoms with Gasteiger partial charge in [-0.15, -0.1) is 11.8 Å². The molecule has 0 aliphatic rings. The van der Waals surface area contributed by atoms with Gasteiger partial charge in [0.25, 0.3) is 0 Å². The molecule has 128 valence electrons. The van der Waals surface area contributed by atoms with Crippen LogP contribution in [0, 0.1) is 19.7 Å². The second-order valence-corrected chi connectivity index (χ2v) is 7.30. The Morgan fingerprint density at radius 2 is 2.00 bits per heavy atom. The molecular weight excluding hydrogens is 345 g/mol. The van der Waals surface area contributed by atoms with Crippen LogP contribution in [0.15, 0.2) is 36.4 Å². The summed E-state index contributed by atoms with van der Waals surface area (Å²) >= 11 is 7.11. The number of rotatable bonds is 6.